The number of aromatic nitrogens is 4. The van der Waals surface area contributed by atoms with Gasteiger partial charge in [-0.25, -0.2) is 28.1 Å². The Bertz CT molecular complexity index is 1300. The molecule has 0 fully saturated rings. The van der Waals surface area contributed by atoms with Crippen LogP contribution in [0, 0.1) is 0 Å². The van der Waals surface area contributed by atoms with E-state index >= 15 is 0 Å². The Morgan fingerprint density at radius 1 is 1.21 bits per heavy atom. The van der Waals surface area contributed by atoms with E-state index in [1.165, 1.54) is 18.1 Å². The third-order valence-corrected chi connectivity index (χ3v) is 8.33. The van der Waals surface area contributed by atoms with E-state index in [-0.39, 0.29) is 19.2 Å². The molecule has 0 radical (unpaired) electrons. The van der Waals surface area contributed by atoms with Crippen molar-refractivity contribution in [1.82, 2.24) is 24.2 Å². The highest BCUT2D eigenvalue weighted by molar-refractivity contribution is 7.99. The van der Waals surface area contributed by atoms with Crippen molar-refractivity contribution < 1.29 is 17.9 Å². The summed E-state index contributed by atoms with van der Waals surface area (Å²) < 4.78 is 39.6. The molecule has 3 aromatic rings. The zero-order valence-corrected chi connectivity index (χ0v) is 20.7. The van der Waals surface area contributed by atoms with Gasteiger partial charge in [0.1, 0.15) is 6.33 Å². The molecule has 1 aliphatic rings. The minimum Gasteiger partial charge on any atom is -0.454 e. The summed E-state index contributed by atoms with van der Waals surface area (Å²) >= 11 is 1.41. The highest BCUT2D eigenvalue weighted by atomic mass is 32.2. The fourth-order valence-electron chi connectivity index (χ4n) is 3.16. The normalized spacial score (nSPS) is 13.6. The minimum atomic E-state index is -3.49. The number of hydrogen-bond acceptors (Lipinski definition) is 10. The molecule has 3 heterocycles. The van der Waals surface area contributed by atoms with Crippen molar-refractivity contribution in [2.45, 2.75) is 42.1 Å². The van der Waals surface area contributed by atoms with E-state index in [9.17, 15) is 8.42 Å². The summed E-state index contributed by atoms with van der Waals surface area (Å²) in [6.07, 6.45) is 1.37. The maximum Gasteiger partial charge on any atom is 0.231 e. The summed E-state index contributed by atoms with van der Waals surface area (Å²) in [5, 5.41) is 0.606. The van der Waals surface area contributed by atoms with Crippen molar-refractivity contribution in [2.24, 2.45) is 0 Å². The first kappa shape index (κ1) is 23.4. The maximum absolute atomic E-state index is 12.5. The van der Waals surface area contributed by atoms with Crippen molar-refractivity contribution in [2.75, 3.05) is 38.1 Å². The first-order chi connectivity index (χ1) is 15.5. The van der Waals surface area contributed by atoms with E-state index in [2.05, 4.69) is 19.7 Å². The topological polar surface area (TPSA) is 137 Å². The van der Waals surface area contributed by atoms with Crippen LogP contribution < -0.4 is 24.8 Å². The lowest BCUT2D eigenvalue weighted by atomic mass is 10.2. The summed E-state index contributed by atoms with van der Waals surface area (Å²) in [5.41, 5.74) is 7.97. The summed E-state index contributed by atoms with van der Waals surface area (Å²) in [5.74, 6) is 1.60. The van der Waals surface area contributed by atoms with Crippen LogP contribution in [-0.4, -0.2) is 60.1 Å². The molecule has 33 heavy (non-hydrogen) atoms. The fraction of sp³-hybridized carbons (Fsp3) is 0.450. The average molecular weight is 494 g/mol. The average Bonchev–Trinajstić information content (AvgIpc) is 3.31. The Labute approximate surface area is 196 Å². The number of nitrogens with one attached hydrogen (secondary N) is 1. The zero-order chi connectivity index (χ0) is 24.0. The van der Waals surface area contributed by atoms with Gasteiger partial charge < -0.3 is 24.7 Å². The van der Waals surface area contributed by atoms with Gasteiger partial charge in [-0.1, -0.05) is 0 Å². The highest BCUT2D eigenvalue weighted by Gasteiger charge is 2.28. The molecule has 11 nitrogen and oxygen atoms in total. The number of nitrogens with two attached hydrogens (primary N) is 1. The third kappa shape index (κ3) is 4.52. The van der Waals surface area contributed by atoms with Crippen molar-refractivity contribution in [3.05, 3.63) is 18.5 Å². The molecule has 178 valence electrons. The fourth-order valence-corrected chi connectivity index (χ4v) is 5.09. The van der Waals surface area contributed by atoms with E-state index in [0.717, 1.165) is 10.6 Å². The summed E-state index contributed by atoms with van der Waals surface area (Å²) in [7, 11) is 0.386. The van der Waals surface area contributed by atoms with Crippen LogP contribution in [0.3, 0.4) is 0 Å². The molecule has 4 rings (SSSR count). The number of nitrogen functional groups attached to an aromatic ring is 1. The van der Waals surface area contributed by atoms with E-state index in [1.807, 2.05) is 35.7 Å². The first-order valence-corrected chi connectivity index (χ1v) is 12.5. The van der Waals surface area contributed by atoms with Crippen LogP contribution in [-0.2, 0) is 16.6 Å². The third-order valence-electron chi connectivity index (χ3n) is 5.10. The van der Waals surface area contributed by atoms with Gasteiger partial charge in [0.25, 0.3) is 0 Å². The smallest absolute Gasteiger partial charge is 0.231 e. The Morgan fingerprint density at radius 2 is 1.91 bits per heavy atom. The van der Waals surface area contributed by atoms with Gasteiger partial charge in [-0.2, -0.15) is 0 Å². The summed E-state index contributed by atoms with van der Waals surface area (Å²) in [4.78, 5) is 15.9. The molecule has 0 aliphatic carbocycles. The van der Waals surface area contributed by atoms with Crippen LogP contribution in [0.4, 0.5) is 11.5 Å². The SMILES string of the molecule is CN(C)c1cc2c(cc1Sc1nc3c(N)ncnc3n1CCNS(=O)(=O)C(C)(C)C)OCO2. The highest BCUT2D eigenvalue weighted by Crippen LogP contribution is 2.44. The number of ether oxygens (including phenoxy) is 2. The first-order valence-electron chi connectivity index (χ1n) is 10.2. The number of hydrogen-bond donors (Lipinski definition) is 2. The van der Waals surface area contributed by atoms with Gasteiger partial charge >= 0.3 is 0 Å². The van der Waals surface area contributed by atoms with Crippen LogP contribution in [0.25, 0.3) is 11.2 Å². The van der Waals surface area contributed by atoms with E-state index < -0.39 is 14.8 Å². The van der Waals surface area contributed by atoms with E-state index in [4.69, 9.17) is 15.2 Å². The quantitative estimate of drug-likeness (QED) is 0.503. The monoisotopic (exact) mass is 493 g/mol. The lowest BCUT2D eigenvalue weighted by Gasteiger charge is -2.20. The van der Waals surface area contributed by atoms with Crippen LogP contribution in [0.1, 0.15) is 20.8 Å². The number of nitrogens with zero attached hydrogens (tertiary/aromatic N) is 5. The molecule has 0 atom stereocenters. The number of rotatable bonds is 7. The van der Waals surface area contributed by atoms with Crippen LogP contribution >= 0.6 is 11.8 Å². The van der Waals surface area contributed by atoms with Crippen molar-refractivity contribution in [3.8, 4) is 11.5 Å². The Hall–Kier alpha value is -2.77. The molecular formula is C20H27N7O4S2. The standard InChI is InChI=1S/C20H27N7O4S2/c1-20(2,3)33(28,29)24-6-7-27-18-16(17(21)22-10-23-18)25-19(27)32-15-9-14-13(30-11-31-14)8-12(15)26(4)5/h8-10,24H,6-7,11H2,1-5H3,(H2,21,22,23). The number of benzene rings is 1. The predicted octanol–water partition coefficient (Wildman–Crippen LogP) is 2.07. The molecule has 1 aliphatic heterocycles. The van der Waals surface area contributed by atoms with Gasteiger partial charge in [0.05, 0.1) is 10.4 Å². The second-order valence-electron chi connectivity index (χ2n) is 8.66. The predicted molar refractivity (Wildman–Crippen MR) is 127 cm³/mol. The number of fused-ring (bicyclic) bond motifs is 2. The maximum atomic E-state index is 12.5. The van der Waals surface area contributed by atoms with Gasteiger partial charge in [0, 0.05) is 44.2 Å². The van der Waals surface area contributed by atoms with E-state index in [0.29, 0.717) is 34.4 Å². The Morgan fingerprint density at radius 3 is 2.58 bits per heavy atom. The molecule has 0 amide bonds. The zero-order valence-electron chi connectivity index (χ0n) is 19.1. The molecule has 0 unspecified atom stereocenters. The van der Waals surface area contributed by atoms with Crippen LogP contribution in [0.5, 0.6) is 11.5 Å². The molecular weight excluding hydrogens is 466 g/mol. The molecule has 1 aromatic carbocycles. The second-order valence-corrected chi connectivity index (χ2v) is 12.2. The summed E-state index contributed by atoms with van der Waals surface area (Å²) in [6, 6.07) is 3.83. The lowest BCUT2D eigenvalue weighted by Crippen LogP contribution is -2.40. The van der Waals surface area contributed by atoms with Crippen LogP contribution in [0.2, 0.25) is 0 Å². The van der Waals surface area contributed by atoms with Gasteiger partial charge in [-0.3, -0.25) is 0 Å². The van der Waals surface area contributed by atoms with Gasteiger partial charge in [-0.15, -0.1) is 0 Å². The Balaban J connectivity index is 1.71. The van der Waals surface area contributed by atoms with Crippen molar-refractivity contribution in [3.63, 3.8) is 0 Å². The van der Waals surface area contributed by atoms with Gasteiger partial charge in [0.2, 0.25) is 16.8 Å². The molecule has 13 heteroatoms. The number of imidazole rings is 1. The molecule has 0 bridgehead atoms. The molecule has 2 aromatic heterocycles. The lowest BCUT2D eigenvalue weighted by molar-refractivity contribution is 0.174. The largest absolute Gasteiger partial charge is 0.454 e. The van der Waals surface area contributed by atoms with Gasteiger partial charge in [-0.05, 0) is 32.5 Å². The molecule has 0 spiro atoms. The second kappa shape index (κ2) is 8.54. The number of sulfonamides is 1. The molecule has 0 saturated heterocycles. The Kier molecular flexibility index (Phi) is 6.05. The number of anilines is 2. The van der Waals surface area contributed by atoms with Crippen molar-refractivity contribution in [1.29, 1.82) is 0 Å². The summed E-state index contributed by atoms with van der Waals surface area (Å²) in [6.45, 7) is 5.62. The van der Waals surface area contributed by atoms with Crippen molar-refractivity contribution >= 4 is 44.5 Å². The minimum absolute atomic E-state index is 0.171. The molecule has 0 saturated carbocycles. The van der Waals surface area contributed by atoms with Crippen LogP contribution in [0.15, 0.2) is 28.5 Å². The van der Waals surface area contributed by atoms with Gasteiger partial charge in [0.15, 0.2) is 33.6 Å². The van der Waals surface area contributed by atoms with E-state index in [1.54, 1.807) is 20.8 Å². The molecule has 3 N–H and O–H groups in total.